The molecular weight excluding hydrogens is 158 g/mol. The Balaban J connectivity index is 1.64. The van der Waals surface area contributed by atoms with Crippen molar-refractivity contribution in [3.63, 3.8) is 0 Å². The summed E-state index contributed by atoms with van der Waals surface area (Å²) >= 11 is 0. The lowest BCUT2D eigenvalue weighted by Gasteiger charge is -2.23. The van der Waals surface area contributed by atoms with Crippen molar-refractivity contribution in [2.75, 3.05) is 13.1 Å². The highest BCUT2D eigenvalue weighted by Gasteiger charge is 2.32. The molecule has 0 saturated carbocycles. The summed E-state index contributed by atoms with van der Waals surface area (Å²) in [5.41, 5.74) is 0. The Hall–Kier alpha value is -0.300. The van der Waals surface area contributed by atoms with Gasteiger partial charge in [-0.05, 0) is 25.3 Å². The van der Waals surface area contributed by atoms with Gasteiger partial charge in [-0.25, -0.2) is 0 Å². The van der Waals surface area contributed by atoms with Crippen molar-refractivity contribution in [2.45, 2.75) is 45.1 Å². The van der Waals surface area contributed by atoms with Crippen molar-refractivity contribution in [3.05, 3.63) is 12.2 Å². The molecule has 0 aromatic carbocycles. The number of rotatable bonds is 5. The second-order valence-electron chi connectivity index (χ2n) is 4.50. The Labute approximate surface area is 81.8 Å². The molecule has 2 aliphatic rings. The Morgan fingerprint density at radius 1 is 1.23 bits per heavy atom. The van der Waals surface area contributed by atoms with Gasteiger partial charge < -0.3 is 0 Å². The van der Waals surface area contributed by atoms with Crippen LogP contribution in [0.4, 0.5) is 0 Å². The summed E-state index contributed by atoms with van der Waals surface area (Å²) in [5, 5.41) is 0. The van der Waals surface area contributed by atoms with Gasteiger partial charge in [-0.15, -0.1) is 0 Å². The van der Waals surface area contributed by atoms with Crippen molar-refractivity contribution in [1.29, 1.82) is 0 Å². The van der Waals surface area contributed by atoms with E-state index in [9.17, 15) is 0 Å². The smallest absolute Gasteiger partial charge is 0.0284 e. The lowest BCUT2D eigenvalue weighted by molar-refractivity contribution is 0.272. The molecular formula is C12H21N. The van der Waals surface area contributed by atoms with E-state index in [0.717, 1.165) is 12.0 Å². The molecule has 1 aliphatic carbocycles. The summed E-state index contributed by atoms with van der Waals surface area (Å²) in [5.74, 6) is 0.899. The topological polar surface area (TPSA) is 3.24 Å². The Morgan fingerprint density at radius 3 is 2.77 bits per heavy atom. The fourth-order valence-electron chi connectivity index (χ4n) is 2.59. The average Bonchev–Trinajstić information content (AvgIpc) is 2.73. The molecule has 0 aromatic heterocycles. The number of nitrogens with zero attached hydrogens (tertiary/aromatic N) is 1. The fourth-order valence-corrected chi connectivity index (χ4v) is 2.59. The molecule has 2 atom stereocenters. The van der Waals surface area contributed by atoms with Crippen LogP contribution in [0.3, 0.4) is 0 Å². The van der Waals surface area contributed by atoms with E-state index >= 15 is 0 Å². The zero-order valence-corrected chi connectivity index (χ0v) is 8.71. The maximum Gasteiger partial charge on any atom is 0.0284 e. The molecule has 74 valence electrons. The van der Waals surface area contributed by atoms with Gasteiger partial charge in [0.25, 0.3) is 0 Å². The van der Waals surface area contributed by atoms with Crippen molar-refractivity contribution in [1.82, 2.24) is 4.90 Å². The molecule has 0 aromatic rings. The van der Waals surface area contributed by atoms with E-state index in [1.165, 1.54) is 45.2 Å². The van der Waals surface area contributed by atoms with E-state index in [1.54, 1.807) is 0 Å². The van der Waals surface area contributed by atoms with E-state index in [-0.39, 0.29) is 0 Å². The summed E-state index contributed by atoms with van der Waals surface area (Å²) in [6, 6.07) is 0.812. The minimum absolute atomic E-state index is 0.812. The van der Waals surface area contributed by atoms with Crippen LogP contribution in [0.15, 0.2) is 12.2 Å². The van der Waals surface area contributed by atoms with E-state index in [1.807, 2.05) is 0 Å². The van der Waals surface area contributed by atoms with E-state index in [4.69, 9.17) is 0 Å². The van der Waals surface area contributed by atoms with Gasteiger partial charge in [0.15, 0.2) is 0 Å². The zero-order valence-electron chi connectivity index (χ0n) is 8.71. The molecule has 1 fully saturated rings. The van der Waals surface area contributed by atoms with E-state index in [0.29, 0.717) is 0 Å². The van der Waals surface area contributed by atoms with Gasteiger partial charge >= 0.3 is 0 Å². The first-order valence-corrected chi connectivity index (χ1v) is 5.82. The SMILES string of the molecule is CCCCCCN1C[C@H]2C=C[C@@H]1C2. The normalized spacial score (nSPS) is 31.8. The molecule has 0 radical (unpaired) electrons. The third-order valence-corrected chi connectivity index (χ3v) is 3.39. The van der Waals surface area contributed by atoms with E-state index in [2.05, 4.69) is 24.0 Å². The number of hydrogen-bond acceptors (Lipinski definition) is 1. The molecule has 1 saturated heterocycles. The van der Waals surface area contributed by atoms with Crippen molar-refractivity contribution in [3.8, 4) is 0 Å². The molecule has 1 aliphatic heterocycles. The van der Waals surface area contributed by atoms with Gasteiger partial charge in [-0.2, -0.15) is 0 Å². The summed E-state index contributed by atoms with van der Waals surface area (Å²) in [6.07, 6.45) is 11.8. The van der Waals surface area contributed by atoms with Gasteiger partial charge in [0.2, 0.25) is 0 Å². The van der Waals surface area contributed by atoms with Gasteiger partial charge in [0, 0.05) is 12.6 Å². The number of fused-ring (bicyclic) bond motifs is 2. The Kier molecular flexibility index (Phi) is 3.05. The second-order valence-corrected chi connectivity index (χ2v) is 4.50. The third-order valence-electron chi connectivity index (χ3n) is 3.39. The number of hydrogen-bond donors (Lipinski definition) is 0. The van der Waals surface area contributed by atoms with E-state index < -0.39 is 0 Å². The maximum atomic E-state index is 2.67. The van der Waals surface area contributed by atoms with Crippen LogP contribution in [0.25, 0.3) is 0 Å². The van der Waals surface area contributed by atoms with Crippen LogP contribution >= 0.6 is 0 Å². The monoisotopic (exact) mass is 179 g/mol. The van der Waals surface area contributed by atoms with Gasteiger partial charge in [-0.1, -0.05) is 38.3 Å². The quantitative estimate of drug-likeness (QED) is 0.463. The van der Waals surface area contributed by atoms with Gasteiger partial charge in [0.1, 0.15) is 0 Å². The molecule has 0 amide bonds. The van der Waals surface area contributed by atoms with Crippen LogP contribution in [0.5, 0.6) is 0 Å². The first kappa shape index (κ1) is 9.26. The Bertz CT molecular complexity index is 186. The van der Waals surface area contributed by atoms with Crippen LogP contribution in [0.2, 0.25) is 0 Å². The molecule has 0 unspecified atom stereocenters. The lowest BCUT2D eigenvalue weighted by atomic mass is 10.1. The van der Waals surface area contributed by atoms with Gasteiger partial charge in [-0.3, -0.25) is 4.90 Å². The first-order valence-electron chi connectivity index (χ1n) is 5.82. The van der Waals surface area contributed by atoms with Crippen LogP contribution in [-0.4, -0.2) is 24.0 Å². The highest BCUT2D eigenvalue weighted by atomic mass is 15.2. The van der Waals surface area contributed by atoms with Crippen molar-refractivity contribution < 1.29 is 0 Å². The first-order chi connectivity index (χ1) is 6.40. The maximum absolute atomic E-state index is 2.67. The molecule has 2 rings (SSSR count). The summed E-state index contributed by atoms with van der Waals surface area (Å²) in [6.45, 7) is 4.96. The standard InChI is InChI=1S/C12H21N/c1-2-3-4-5-8-13-10-11-6-7-12(13)9-11/h6-7,11-12H,2-5,8-10H2,1H3/t11-,12+/m0/s1. The molecule has 1 heteroatoms. The van der Waals surface area contributed by atoms with Crippen molar-refractivity contribution >= 4 is 0 Å². The number of unbranched alkanes of at least 4 members (excludes halogenated alkanes) is 3. The minimum atomic E-state index is 0.812. The Morgan fingerprint density at radius 2 is 2.15 bits per heavy atom. The average molecular weight is 179 g/mol. The highest BCUT2D eigenvalue weighted by Crippen LogP contribution is 2.31. The van der Waals surface area contributed by atoms with Gasteiger partial charge in [0.05, 0.1) is 0 Å². The number of likely N-dealkylation sites (tertiary alicyclic amines) is 1. The van der Waals surface area contributed by atoms with Crippen LogP contribution in [-0.2, 0) is 0 Å². The molecule has 0 spiro atoms. The third kappa shape index (κ3) is 2.14. The largest absolute Gasteiger partial charge is 0.296 e. The second kappa shape index (κ2) is 4.28. The summed E-state index contributed by atoms with van der Waals surface area (Å²) in [4.78, 5) is 2.67. The highest BCUT2D eigenvalue weighted by molar-refractivity contribution is 5.12. The zero-order chi connectivity index (χ0) is 9.10. The lowest BCUT2D eigenvalue weighted by Crippen LogP contribution is -2.30. The summed E-state index contributed by atoms with van der Waals surface area (Å²) < 4.78 is 0. The summed E-state index contributed by atoms with van der Waals surface area (Å²) in [7, 11) is 0. The minimum Gasteiger partial charge on any atom is -0.296 e. The predicted octanol–water partition coefficient (Wildman–Crippen LogP) is 2.83. The molecule has 1 nitrogen and oxygen atoms in total. The fraction of sp³-hybridized carbons (Fsp3) is 0.833. The van der Waals surface area contributed by atoms with Crippen molar-refractivity contribution in [2.24, 2.45) is 5.92 Å². The molecule has 13 heavy (non-hydrogen) atoms. The van der Waals surface area contributed by atoms with Crippen LogP contribution in [0, 0.1) is 5.92 Å². The molecule has 2 bridgehead atoms. The predicted molar refractivity (Wildman–Crippen MR) is 56.8 cm³/mol. The molecule has 0 N–H and O–H groups in total. The van der Waals surface area contributed by atoms with Crippen LogP contribution in [0.1, 0.15) is 39.0 Å². The molecule has 1 heterocycles. The van der Waals surface area contributed by atoms with Crippen LogP contribution < -0.4 is 0 Å².